The Morgan fingerprint density at radius 3 is 1.27 bits per heavy atom. The smallest absolute Gasteiger partial charge is 0.185 e. The molecule has 0 saturated carbocycles. The van der Waals surface area contributed by atoms with Crippen molar-refractivity contribution in [1.29, 1.82) is 0 Å². The van der Waals surface area contributed by atoms with Crippen molar-refractivity contribution in [2.45, 2.75) is 212 Å². The van der Waals surface area contributed by atoms with E-state index in [1.54, 1.807) is 0 Å². The molecule has 328 valence electrons. The Bertz CT molecular complexity index is 1160. The number of carbonyl (C=O) groups excluding carboxylic acids is 1. The maximum absolute atomic E-state index is 13.0. The zero-order chi connectivity index (χ0) is 43.4. The lowest BCUT2D eigenvalue weighted by atomic mass is 10.0. The minimum atomic E-state index is -2.26. The molecule has 0 aromatic heterocycles. The first-order valence-electron chi connectivity index (χ1n) is 20.3. The number of aldehydes is 1. The van der Waals surface area contributed by atoms with E-state index in [1.807, 2.05) is 0 Å². The number of ether oxygens (including phenoxy) is 2. The fourth-order valence-corrected chi connectivity index (χ4v) is 14.3. The van der Waals surface area contributed by atoms with Crippen molar-refractivity contribution in [2.24, 2.45) is 0 Å². The molecule has 0 aromatic rings. The van der Waals surface area contributed by atoms with E-state index >= 15 is 0 Å². The van der Waals surface area contributed by atoms with Crippen LogP contribution in [-0.2, 0) is 49.7 Å². The first-order valence-corrected chi connectivity index (χ1v) is 47.6. The largest absolute Gasteiger partial charge is 0.415 e. The fourth-order valence-electron chi connectivity index (χ4n) is 6.05. The Morgan fingerprint density at radius 2 is 0.891 bits per heavy atom. The van der Waals surface area contributed by atoms with E-state index in [4.69, 9.17) is 44.9 Å². The topological polar surface area (TPSA) is 109 Å². The maximum Gasteiger partial charge on any atom is 0.185 e. The third-order valence-corrected chi connectivity index (χ3v) is 15.2. The third-order valence-electron chi connectivity index (χ3n) is 7.29. The molecule has 1 heterocycles. The second-order valence-corrected chi connectivity index (χ2v) is 58.6. The van der Waals surface area contributed by atoms with Gasteiger partial charge in [-0.2, -0.15) is 0 Å². The summed E-state index contributed by atoms with van der Waals surface area (Å²) in [5.41, 5.74) is 0. The van der Waals surface area contributed by atoms with Crippen molar-refractivity contribution in [3.63, 3.8) is 0 Å². The molecule has 1 saturated heterocycles. The van der Waals surface area contributed by atoms with Gasteiger partial charge in [-0.25, -0.2) is 0 Å². The highest BCUT2D eigenvalue weighted by atomic mass is 28.4. The minimum absolute atomic E-state index is 0.122. The van der Waals surface area contributed by atoms with Crippen molar-refractivity contribution in [3.05, 3.63) is 0 Å². The van der Waals surface area contributed by atoms with Crippen molar-refractivity contribution in [3.8, 4) is 0 Å². The molecule has 1 aliphatic heterocycles. The van der Waals surface area contributed by atoms with Gasteiger partial charge in [0.25, 0.3) is 0 Å². The Morgan fingerprint density at radius 1 is 0.473 bits per heavy atom. The fraction of sp³-hybridized carbons (Fsp3) is 0.972. The van der Waals surface area contributed by atoms with Crippen LogP contribution < -0.4 is 0 Å². The summed E-state index contributed by atoms with van der Waals surface area (Å²) in [4.78, 5) is 13.0. The predicted octanol–water partition coefficient (Wildman–Crippen LogP) is 9.32. The molecule has 19 heteroatoms. The van der Waals surface area contributed by atoms with Crippen LogP contribution >= 0.6 is 0 Å². The normalized spacial score (nSPS) is 24.1. The quantitative estimate of drug-likeness (QED) is 0.0646. The summed E-state index contributed by atoms with van der Waals surface area (Å²) in [7, 11) is -17.2. The average molecular weight is 920 g/mol. The molecule has 9 unspecified atom stereocenters. The van der Waals surface area contributed by atoms with Gasteiger partial charge in [0, 0.05) is 0 Å². The van der Waals surface area contributed by atoms with Gasteiger partial charge in [0.15, 0.2) is 72.8 Å². The summed E-state index contributed by atoms with van der Waals surface area (Å²) in [6, 6.07) is 0. The summed E-state index contributed by atoms with van der Waals surface area (Å²) >= 11 is 0. The lowest BCUT2D eigenvalue weighted by Gasteiger charge is -2.44. The predicted molar refractivity (Wildman–Crippen MR) is 248 cm³/mol. The van der Waals surface area contributed by atoms with Gasteiger partial charge in [-0.05, 0) is 157 Å². The Hall–Kier alpha value is 1.01. The SMILES string of the molecule is C[Si](C)(C)OCC(O[Si](C)(C)C)C1OC(OCC(O[Si](C)(C)C)C(O[Si](C)(C)C)C(O[Si](C)(C)C)C(C=O)O[Si](C)(C)C)C(O[Si](C)(C)C)C1O[Si](C)(C)C. The molecule has 0 aromatic carbocycles. The molecule has 0 amide bonds. The van der Waals surface area contributed by atoms with E-state index < -0.39 is 116 Å². The van der Waals surface area contributed by atoms with Crippen LogP contribution in [0.15, 0.2) is 0 Å². The molecule has 0 spiro atoms. The van der Waals surface area contributed by atoms with Gasteiger partial charge < -0.3 is 49.7 Å². The number of rotatable bonds is 25. The number of hydrogen-bond acceptors (Lipinski definition) is 11. The summed E-state index contributed by atoms with van der Waals surface area (Å²) < 4.78 is 69.0. The van der Waals surface area contributed by atoms with Crippen LogP contribution in [0.4, 0.5) is 0 Å². The van der Waals surface area contributed by atoms with E-state index in [0.717, 1.165) is 6.29 Å². The second-order valence-electron chi connectivity index (χ2n) is 22.9. The van der Waals surface area contributed by atoms with Crippen molar-refractivity contribution in [1.82, 2.24) is 0 Å². The highest BCUT2D eigenvalue weighted by Gasteiger charge is 2.54. The summed E-state index contributed by atoms with van der Waals surface area (Å²) in [6.45, 7) is 52.3. The van der Waals surface area contributed by atoms with Gasteiger partial charge in [-0.3, -0.25) is 0 Å². The van der Waals surface area contributed by atoms with Crippen molar-refractivity contribution in [2.75, 3.05) is 13.2 Å². The maximum atomic E-state index is 13.0. The van der Waals surface area contributed by atoms with Crippen molar-refractivity contribution >= 4 is 72.8 Å². The molecule has 0 radical (unpaired) electrons. The average Bonchev–Trinajstić information content (AvgIpc) is 3.20. The molecule has 1 fully saturated rings. The molecule has 9 atom stereocenters. The highest BCUT2D eigenvalue weighted by Crippen LogP contribution is 2.36. The molecule has 55 heavy (non-hydrogen) atoms. The van der Waals surface area contributed by atoms with E-state index in [2.05, 4.69) is 157 Å². The molecular formula is C36H86O11Si8. The number of carbonyl (C=O) groups is 1. The van der Waals surface area contributed by atoms with Gasteiger partial charge in [0.1, 0.15) is 42.9 Å². The second kappa shape index (κ2) is 20.3. The third kappa shape index (κ3) is 23.6. The van der Waals surface area contributed by atoms with Crippen LogP contribution in [0.3, 0.4) is 0 Å². The Balaban J connectivity index is 3.95. The first kappa shape index (κ1) is 54.0. The first-order chi connectivity index (χ1) is 24.2. The summed E-state index contributed by atoms with van der Waals surface area (Å²) in [6.07, 6.45) is -4.48. The van der Waals surface area contributed by atoms with Crippen LogP contribution in [0.1, 0.15) is 0 Å². The van der Waals surface area contributed by atoms with Crippen molar-refractivity contribution < 1.29 is 49.7 Å². The van der Waals surface area contributed by atoms with Crippen LogP contribution in [0.2, 0.25) is 157 Å². The van der Waals surface area contributed by atoms with E-state index in [-0.39, 0.29) is 12.7 Å². The van der Waals surface area contributed by atoms with Crippen LogP contribution in [-0.4, -0.2) is 141 Å². The highest BCUT2D eigenvalue weighted by molar-refractivity contribution is 6.72. The van der Waals surface area contributed by atoms with Gasteiger partial charge in [-0.15, -0.1) is 0 Å². The van der Waals surface area contributed by atoms with Crippen LogP contribution in [0.25, 0.3) is 0 Å². The van der Waals surface area contributed by atoms with E-state index in [9.17, 15) is 4.79 Å². The Labute approximate surface area is 346 Å². The van der Waals surface area contributed by atoms with E-state index in [0.29, 0.717) is 6.61 Å². The lowest BCUT2D eigenvalue weighted by Crippen LogP contribution is -2.59. The molecule has 0 aliphatic carbocycles. The molecular weight excluding hydrogens is 833 g/mol. The van der Waals surface area contributed by atoms with Crippen LogP contribution in [0.5, 0.6) is 0 Å². The minimum Gasteiger partial charge on any atom is -0.415 e. The lowest BCUT2D eigenvalue weighted by molar-refractivity contribution is -0.195. The number of hydrogen-bond donors (Lipinski definition) is 0. The molecule has 1 aliphatic rings. The van der Waals surface area contributed by atoms with Gasteiger partial charge in [0.05, 0.1) is 25.4 Å². The van der Waals surface area contributed by atoms with Gasteiger partial charge >= 0.3 is 0 Å². The standard InChI is InChI=1S/C36H86O11Si8/c1-48(2,3)39-27-30(43-51(10,11)12)31-34(46-54(19,20)21)35(47-55(22,23)24)36(40-31)38-26-29(42-50(7,8)9)33(45-53(16,17)18)32(44-52(13,14)15)28(25-37)41-49(4,5)6/h25,28-36H,26-27H2,1-24H3. The van der Waals surface area contributed by atoms with E-state index in [1.165, 1.54) is 0 Å². The molecule has 11 nitrogen and oxygen atoms in total. The molecule has 0 N–H and O–H groups in total. The van der Waals surface area contributed by atoms with Crippen LogP contribution in [0, 0.1) is 0 Å². The zero-order valence-electron chi connectivity index (χ0n) is 39.7. The van der Waals surface area contributed by atoms with Gasteiger partial charge in [-0.1, -0.05) is 0 Å². The summed E-state index contributed by atoms with van der Waals surface area (Å²) in [5, 5.41) is 0. The van der Waals surface area contributed by atoms with Gasteiger partial charge in [0.2, 0.25) is 0 Å². The zero-order valence-corrected chi connectivity index (χ0v) is 47.7. The summed E-state index contributed by atoms with van der Waals surface area (Å²) in [5.74, 6) is 0. The monoisotopic (exact) mass is 918 g/mol. The molecule has 1 rings (SSSR count). The Kier molecular flexibility index (Phi) is 19.9. The molecule has 0 bridgehead atoms.